The summed E-state index contributed by atoms with van der Waals surface area (Å²) in [7, 11) is 0. The van der Waals surface area contributed by atoms with Crippen LogP contribution in [0.3, 0.4) is 0 Å². The summed E-state index contributed by atoms with van der Waals surface area (Å²) in [6.07, 6.45) is 10.2. The van der Waals surface area contributed by atoms with E-state index in [0.29, 0.717) is 17.7 Å². The highest BCUT2D eigenvalue weighted by molar-refractivity contribution is 6.55. The van der Waals surface area contributed by atoms with Crippen LogP contribution in [0.2, 0.25) is 11.6 Å². The molecule has 6 fully saturated rings. The van der Waals surface area contributed by atoms with Crippen molar-refractivity contribution in [3.05, 3.63) is 42.0 Å². The predicted octanol–water partition coefficient (Wildman–Crippen LogP) is 7.85. The maximum atomic E-state index is 6.87. The Morgan fingerprint density at radius 3 is 1.81 bits per heavy atom. The van der Waals surface area contributed by atoms with Gasteiger partial charge < -0.3 is 4.65 Å². The molecule has 0 amide bonds. The standard InChI is InChI=1S/C29H43BO/c1-19-24-15-22(28(24,3)4)17-26(19)30(31-14-10-13-21-11-8-7-9-12-21)27-18-23-16-25(20(27)2)29(23,5)6/h7-13,19-20,22-27H,14-18H2,1-6H3/b13-10+/t19-,20-,22+,23+,24-,25-,26-,27-/m1/s1. The van der Waals surface area contributed by atoms with Gasteiger partial charge in [-0.2, -0.15) is 0 Å². The van der Waals surface area contributed by atoms with Crippen LogP contribution in [-0.4, -0.2) is 13.5 Å². The molecule has 0 heterocycles. The third-order valence-corrected chi connectivity index (χ3v) is 11.2. The Balaban J connectivity index is 1.33. The van der Waals surface area contributed by atoms with Gasteiger partial charge in [-0.05, 0) is 76.4 Å². The first-order valence-corrected chi connectivity index (χ1v) is 13.0. The lowest BCUT2D eigenvalue weighted by atomic mass is 9.27. The molecule has 6 aliphatic rings. The fourth-order valence-electron chi connectivity index (χ4n) is 8.73. The van der Waals surface area contributed by atoms with Crippen molar-refractivity contribution >= 4 is 13.0 Å². The molecule has 1 aromatic rings. The van der Waals surface area contributed by atoms with Crippen LogP contribution in [0.25, 0.3) is 6.08 Å². The molecule has 7 rings (SSSR count). The zero-order chi connectivity index (χ0) is 22.0. The third-order valence-electron chi connectivity index (χ3n) is 11.2. The quantitative estimate of drug-likeness (QED) is 0.427. The molecule has 0 spiro atoms. The summed E-state index contributed by atoms with van der Waals surface area (Å²) in [4.78, 5) is 0. The topological polar surface area (TPSA) is 9.23 Å². The van der Waals surface area contributed by atoms with E-state index in [1.54, 1.807) is 0 Å². The summed E-state index contributed by atoms with van der Waals surface area (Å²) >= 11 is 0. The molecule has 6 saturated carbocycles. The van der Waals surface area contributed by atoms with Crippen molar-refractivity contribution in [3.63, 3.8) is 0 Å². The van der Waals surface area contributed by atoms with Crippen LogP contribution in [0, 0.1) is 46.3 Å². The van der Waals surface area contributed by atoms with Gasteiger partial charge in [0.15, 0.2) is 0 Å². The molecule has 0 aliphatic heterocycles. The molecule has 1 nitrogen and oxygen atoms in total. The van der Waals surface area contributed by atoms with E-state index in [2.05, 4.69) is 84.0 Å². The van der Waals surface area contributed by atoms with E-state index < -0.39 is 0 Å². The second-order valence-electron chi connectivity index (χ2n) is 12.8. The number of rotatable bonds is 6. The second kappa shape index (κ2) is 7.79. The Hall–Kier alpha value is -1.02. The first-order valence-electron chi connectivity index (χ1n) is 13.0. The zero-order valence-electron chi connectivity index (χ0n) is 20.7. The normalized spacial score (nSPS) is 42.0. The van der Waals surface area contributed by atoms with Gasteiger partial charge in [-0.25, -0.2) is 0 Å². The summed E-state index contributed by atoms with van der Waals surface area (Å²) < 4.78 is 6.87. The predicted molar refractivity (Wildman–Crippen MR) is 133 cm³/mol. The lowest BCUT2D eigenvalue weighted by Crippen LogP contribution is -2.60. The molecular formula is C29H43BO. The lowest BCUT2D eigenvalue weighted by Gasteiger charge is -2.66. The van der Waals surface area contributed by atoms with Crippen LogP contribution in [0.15, 0.2) is 36.4 Å². The molecule has 0 aromatic heterocycles. The van der Waals surface area contributed by atoms with E-state index in [1.807, 2.05) is 0 Å². The minimum atomic E-state index is 0.438. The Morgan fingerprint density at radius 1 is 0.839 bits per heavy atom. The minimum absolute atomic E-state index is 0.438. The van der Waals surface area contributed by atoms with E-state index in [4.69, 9.17) is 4.65 Å². The first kappa shape index (κ1) is 21.8. The molecule has 4 bridgehead atoms. The van der Waals surface area contributed by atoms with Crippen LogP contribution >= 0.6 is 0 Å². The van der Waals surface area contributed by atoms with E-state index >= 15 is 0 Å². The molecule has 8 atom stereocenters. The van der Waals surface area contributed by atoms with Gasteiger partial charge in [0, 0.05) is 6.61 Å². The van der Waals surface area contributed by atoms with Gasteiger partial charge in [0.1, 0.15) is 0 Å². The maximum absolute atomic E-state index is 6.87. The van der Waals surface area contributed by atoms with Crippen LogP contribution in [0.4, 0.5) is 0 Å². The van der Waals surface area contributed by atoms with E-state index in [-0.39, 0.29) is 0 Å². The second-order valence-corrected chi connectivity index (χ2v) is 12.8. The monoisotopic (exact) mass is 418 g/mol. The number of fused-ring (bicyclic) bond motifs is 4. The number of hydrogen-bond acceptors (Lipinski definition) is 1. The summed E-state index contributed by atoms with van der Waals surface area (Å²) in [5.74, 6) is 6.69. The third kappa shape index (κ3) is 3.47. The highest BCUT2D eigenvalue weighted by Crippen LogP contribution is 2.69. The molecule has 0 unspecified atom stereocenters. The van der Waals surface area contributed by atoms with Gasteiger partial charge in [-0.15, -0.1) is 0 Å². The molecule has 1 aromatic carbocycles. The molecule has 31 heavy (non-hydrogen) atoms. The van der Waals surface area contributed by atoms with Gasteiger partial charge >= 0.3 is 0 Å². The van der Waals surface area contributed by atoms with Crippen molar-refractivity contribution in [2.75, 3.05) is 6.61 Å². The Morgan fingerprint density at radius 2 is 1.35 bits per heavy atom. The molecular weight excluding hydrogens is 375 g/mol. The van der Waals surface area contributed by atoms with Gasteiger partial charge in [-0.3, -0.25) is 0 Å². The highest BCUT2D eigenvalue weighted by atomic mass is 16.4. The zero-order valence-corrected chi connectivity index (χ0v) is 20.7. The Bertz CT molecular complexity index is 769. The Kier molecular flexibility index (Phi) is 5.48. The van der Waals surface area contributed by atoms with Crippen molar-refractivity contribution in [2.45, 2.75) is 78.9 Å². The Labute approximate surface area is 191 Å². The van der Waals surface area contributed by atoms with E-state index in [9.17, 15) is 0 Å². The van der Waals surface area contributed by atoms with Crippen molar-refractivity contribution < 1.29 is 4.65 Å². The number of benzene rings is 1. The maximum Gasteiger partial charge on any atom is 0.300 e. The lowest BCUT2D eigenvalue weighted by molar-refractivity contribution is -0.111. The minimum Gasteiger partial charge on any atom is -0.432 e. The average molecular weight is 418 g/mol. The molecule has 168 valence electrons. The fourth-order valence-corrected chi connectivity index (χ4v) is 8.73. The molecule has 0 N–H and O–H groups in total. The average Bonchev–Trinajstić information content (AvgIpc) is 2.74. The fraction of sp³-hybridized carbons (Fsp3) is 0.724. The molecule has 6 aliphatic carbocycles. The van der Waals surface area contributed by atoms with Crippen molar-refractivity contribution in [1.29, 1.82) is 0 Å². The van der Waals surface area contributed by atoms with Crippen molar-refractivity contribution in [2.24, 2.45) is 46.3 Å². The van der Waals surface area contributed by atoms with Crippen molar-refractivity contribution in [3.8, 4) is 0 Å². The van der Waals surface area contributed by atoms with Crippen molar-refractivity contribution in [1.82, 2.24) is 0 Å². The summed E-state index contributed by atoms with van der Waals surface area (Å²) in [6.45, 7) is 16.4. The molecule has 0 radical (unpaired) electrons. The number of hydrogen-bond donors (Lipinski definition) is 0. The smallest absolute Gasteiger partial charge is 0.300 e. The summed E-state index contributed by atoms with van der Waals surface area (Å²) in [5.41, 5.74) is 2.37. The molecule has 2 heteroatoms. The first-order chi connectivity index (χ1) is 14.7. The summed E-state index contributed by atoms with van der Waals surface area (Å²) in [6, 6.07) is 10.6. The van der Waals surface area contributed by atoms with E-state index in [1.165, 1.54) is 31.2 Å². The largest absolute Gasteiger partial charge is 0.432 e. The van der Waals surface area contributed by atoms with Crippen LogP contribution < -0.4 is 0 Å². The SMILES string of the molecule is C[C@@H]1[C@H]2C[C@@H](C[C@H]1B(OC/C=C/c1ccccc1)[C@@H]1C[C@@H]3C[C@H]([C@H]1C)C3(C)C)C2(C)C. The van der Waals surface area contributed by atoms with Gasteiger partial charge in [0.05, 0.1) is 0 Å². The van der Waals surface area contributed by atoms with Gasteiger partial charge in [0.25, 0.3) is 6.92 Å². The van der Waals surface area contributed by atoms with Crippen LogP contribution in [-0.2, 0) is 4.65 Å². The highest BCUT2D eigenvalue weighted by Gasteiger charge is 2.63. The summed E-state index contributed by atoms with van der Waals surface area (Å²) in [5, 5.41) is 0. The van der Waals surface area contributed by atoms with Gasteiger partial charge in [-0.1, -0.05) is 96.9 Å². The van der Waals surface area contributed by atoms with Crippen LogP contribution in [0.1, 0.15) is 72.8 Å². The van der Waals surface area contributed by atoms with Gasteiger partial charge in [0.2, 0.25) is 0 Å². The molecule has 0 saturated heterocycles. The van der Waals surface area contributed by atoms with E-state index in [0.717, 1.165) is 53.7 Å². The van der Waals surface area contributed by atoms with Crippen LogP contribution in [0.5, 0.6) is 0 Å².